The average molecular weight is 293 g/mol. The zero-order chi connectivity index (χ0) is 16.0. The lowest BCUT2D eigenvalue weighted by atomic mass is 10.2. The Morgan fingerprint density at radius 1 is 1.25 bits per heavy atom. The number of hydrogen-bond donors (Lipinski definition) is 0. The Balaban J connectivity index is 0. The Bertz CT molecular complexity index is 266. The van der Waals surface area contributed by atoms with Crippen LogP contribution in [0.5, 0.6) is 0 Å². The van der Waals surface area contributed by atoms with Crippen LogP contribution in [0.1, 0.15) is 19.8 Å². The number of allylic oxidation sites excluding steroid dienone is 2. The van der Waals surface area contributed by atoms with Gasteiger partial charge in [-0.05, 0) is 27.4 Å². The molecule has 120 valence electrons. The van der Waals surface area contributed by atoms with Crippen LogP contribution in [0.25, 0.3) is 0 Å². The molecule has 0 fully saturated rings. The summed E-state index contributed by atoms with van der Waals surface area (Å²) in [5.74, 6) is -0.336. The third kappa shape index (κ3) is 13.6. The number of carbonyl (C=O) groups is 1. The quantitative estimate of drug-likeness (QED) is 0.282. The molecular weight excluding hydrogens is 265 g/mol. The molecule has 0 N–H and O–H groups in total. The second-order valence-corrected chi connectivity index (χ2v) is 4.47. The van der Waals surface area contributed by atoms with Crippen LogP contribution in [-0.4, -0.2) is 66.1 Å². The number of carbonyl (C=O) groups excluding carboxylic acids is 1. The molecule has 0 rings (SSSR count). The largest absolute Gasteiger partial charge is 0.385 e. The third-order valence-electron chi connectivity index (χ3n) is 2.39. The molecule has 0 aromatic rings. The van der Waals surface area contributed by atoms with Crippen molar-refractivity contribution in [3.8, 4) is 0 Å². The molecule has 0 heterocycles. The standard InChI is InChI=1S/C8H13FO2.C6H15NO2/c1-7(6-10)8(9)4-3-5-11-2;1-7(2)5-6(8-3)9-4/h6H,3-5H2,1-2H3;6H,5H2,1-4H3/b8-7-;. The maximum absolute atomic E-state index is 12.7. The van der Waals surface area contributed by atoms with Gasteiger partial charge in [-0.25, -0.2) is 4.39 Å². The minimum Gasteiger partial charge on any atom is -0.385 e. The van der Waals surface area contributed by atoms with E-state index in [9.17, 15) is 9.18 Å². The number of hydrogen-bond acceptors (Lipinski definition) is 5. The number of rotatable bonds is 9. The fraction of sp³-hybridized carbons (Fsp3) is 0.786. The van der Waals surface area contributed by atoms with E-state index < -0.39 is 0 Å². The highest BCUT2D eigenvalue weighted by atomic mass is 19.1. The summed E-state index contributed by atoms with van der Waals surface area (Å²) in [5.41, 5.74) is 0.182. The van der Waals surface area contributed by atoms with Crippen LogP contribution in [0, 0.1) is 0 Å². The average Bonchev–Trinajstić information content (AvgIpc) is 2.44. The summed E-state index contributed by atoms with van der Waals surface area (Å²) >= 11 is 0. The molecule has 0 aliphatic carbocycles. The van der Waals surface area contributed by atoms with Crippen molar-refractivity contribution in [3.63, 3.8) is 0 Å². The predicted molar refractivity (Wildman–Crippen MR) is 77.3 cm³/mol. The Morgan fingerprint density at radius 3 is 2.10 bits per heavy atom. The normalized spacial score (nSPS) is 12.1. The smallest absolute Gasteiger partial charge is 0.169 e. The minimum atomic E-state index is -0.336. The number of aldehydes is 1. The van der Waals surface area contributed by atoms with Crippen molar-refractivity contribution >= 4 is 6.29 Å². The second-order valence-electron chi connectivity index (χ2n) is 4.47. The van der Waals surface area contributed by atoms with Crippen LogP contribution in [0.2, 0.25) is 0 Å². The van der Waals surface area contributed by atoms with Gasteiger partial charge in [-0.2, -0.15) is 0 Å². The summed E-state index contributed by atoms with van der Waals surface area (Å²) in [6.07, 6.45) is 1.34. The highest BCUT2D eigenvalue weighted by Crippen LogP contribution is 2.10. The second kappa shape index (κ2) is 14.6. The number of likely N-dealkylation sites (N-methyl/N-ethyl adjacent to an activating group) is 1. The van der Waals surface area contributed by atoms with Crippen LogP contribution in [0.4, 0.5) is 4.39 Å². The first kappa shape index (κ1) is 21.5. The molecule has 0 aliphatic heterocycles. The number of nitrogens with zero attached hydrogens (tertiary/aromatic N) is 1. The first-order valence-electron chi connectivity index (χ1n) is 6.42. The monoisotopic (exact) mass is 293 g/mol. The van der Waals surface area contributed by atoms with E-state index in [1.54, 1.807) is 21.3 Å². The molecular formula is C14H28FNO4. The lowest BCUT2D eigenvalue weighted by Gasteiger charge is -2.17. The van der Waals surface area contributed by atoms with E-state index in [4.69, 9.17) is 14.2 Å². The van der Waals surface area contributed by atoms with Crippen molar-refractivity contribution in [1.82, 2.24) is 4.90 Å². The Kier molecular flexibility index (Phi) is 15.7. The molecule has 0 aromatic heterocycles. The van der Waals surface area contributed by atoms with Crippen molar-refractivity contribution in [1.29, 1.82) is 0 Å². The summed E-state index contributed by atoms with van der Waals surface area (Å²) in [6, 6.07) is 0. The topological polar surface area (TPSA) is 48.0 Å². The molecule has 0 saturated carbocycles. The highest BCUT2D eigenvalue weighted by molar-refractivity contribution is 5.72. The summed E-state index contributed by atoms with van der Waals surface area (Å²) in [4.78, 5) is 12.1. The first-order valence-corrected chi connectivity index (χ1v) is 6.42. The van der Waals surface area contributed by atoms with Crippen molar-refractivity contribution in [2.45, 2.75) is 26.1 Å². The summed E-state index contributed by atoms with van der Waals surface area (Å²) in [6.45, 7) is 2.79. The highest BCUT2D eigenvalue weighted by Gasteiger charge is 2.04. The SMILES string of the molecule is COC(CN(C)C)OC.COCCC/C(F)=C(\C)C=O. The minimum absolute atomic E-state index is 0.0972. The molecule has 0 bridgehead atoms. The number of ether oxygens (including phenoxy) is 3. The Labute approximate surface area is 121 Å². The zero-order valence-corrected chi connectivity index (χ0v) is 13.4. The van der Waals surface area contributed by atoms with Crippen molar-refractivity contribution in [2.75, 3.05) is 48.6 Å². The van der Waals surface area contributed by atoms with E-state index in [2.05, 4.69) is 0 Å². The molecule has 0 aliphatic rings. The van der Waals surface area contributed by atoms with Crippen molar-refractivity contribution < 1.29 is 23.4 Å². The summed E-state index contributed by atoms with van der Waals surface area (Å²) in [7, 11) is 8.79. The molecule has 0 amide bonds. The fourth-order valence-electron chi connectivity index (χ4n) is 1.18. The maximum Gasteiger partial charge on any atom is 0.169 e. The summed E-state index contributed by atoms with van der Waals surface area (Å²) in [5, 5.41) is 0. The van der Waals surface area contributed by atoms with Gasteiger partial charge in [0.05, 0.1) is 0 Å². The lowest BCUT2D eigenvalue weighted by Crippen LogP contribution is -2.28. The van der Waals surface area contributed by atoms with Crippen LogP contribution < -0.4 is 0 Å². The van der Waals surface area contributed by atoms with Gasteiger partial charge in [0.25, 0.3) is 0 Å². The molecule has 0 radical (unpaired) electrons. The molecule has 0 saturated heterocycles. The van der Waals surface area contributed by atoms with Crippen LogP contribution in [0.15, 0.2) is 11.4 Å². The molecule has 0 atom stereocenters. The van der Waals surface area contributed by atoms with Gasteiger partial charge in [-0.1, -0.05) is 0 Å². The van der Waals surface area contributed by atoms with Crippen LogP contribution in [0.3, 0.4) is 0 Å². The van der Waals surface area contributed by atoms with Gasteiger partial charge >= 0.3 is 0 Å². The van der Waals surface area contributed by atoms with Crippen LogP contribution >= 0.6 is 0 Å². The van der Waals surface area contributed by atoms with E-state index >= 15 is 0 Å². The maximum atomic E-state index is 12.7. The first-order chi connectivity index (χ1) is 9.42. The molecule has 0 spiro atoms. The molecule has 20 heavy (non-hydrogen) atoms. The Morgan fingerprint density at radius 2 is 1.80 bits per heavy atom. The van der Waals surface area contributed by atoms with E-state index in [-0.39, 0.29) is 17.7 Å². The van der Waals surface area contributed by atoms with Gasteiger partial charge in [-0.15, -0.1) is 0 Å². The molecule has 0 aromatic carbocycles. The third-order valence-corrected chi connectivity index (χ3v) is 2.39. The molecule has 5 nitrogen and oxygen atoms in total. The van der Waals surface area contributed by atoms with Gasteiger partial charge in [0.1, 0.15) is 12.1 Å². The van der Waals surface area contributed by atoms with E-state index in [1.807, 2.05) is 19.0 Å². The van der Waals surface area contributed by atoms with Gasteiger partial charge in [0, 0.05) is 46.5 Å². The number of halogens is 1. The van der Waals surface area contributed by atoms with E-state index in [0.29, 0.717) is 25.7 Å². The van der Waals surface area contributed by atoms with E-state index in [1.165, 1.54) is 6.92 Å². The van der Waals surface area contributed by atoms with Gasteiger partial charge in [0.2, 0.25) is 0 Å². The van der Waals surface area contributed by atoms with E-state index in [0.717, 1.165) is 6.54 Å². The summed E-state index contributed by atoms with van der Waals surface area (Å²) < 4.78 is 27.3. The van der Waals surface area contributed by atoms with Crippen molar-refractivity contribution in [2.24, 2.45) is 0 Å². The van der Waals surface area contributed by atoms with Gasteiger partial charge in [0.15, 0.2) is 6.29 Å². The molecule has 0 unspecified atom stereocenters. The fourth-order valence-corrected chi connectivity index (χ4v) is 1.18. The Hall–Kier alpha value is -0.820. The van der Waals surface area contributed by atoms with Gasteiger partial charge in [-0.3, -0.25) is 4.79 Å². The predicted octanol–water partition coefficient (Wildman–Crippen LogP) is 2.02. The van der Waals surface area contributed by atoms with Crippen molar-refractivity contribution in [3.05, 3.63) is 11.4 Å². The lowest BCUT2D eigenvalue weighted by molar-refractivity contribution is -0.111. The van der Waals surface area contributed by atoms with Crippen LogP contribution in [-0.2, 0) is 19.0 Å². The zero-order valence-electron chi connectivity index (χ0n) is 13.4. The number of methoxy groups -OCH3 is 3. The van der Waals surface area contributed by atoms with Gasteiger partial charge < -0.3 is 19.1 Å². The molecule has 6 heteroatoms.